The molecule has 0 aliphatic heterocycles. The molecule has 29 heavy (non-hydrogen) atoms. The van der Waals surface area contributed by atoms with Crippen LogP contribution >= 0.6 is 11.8 Å². The Hall–Kier alpha value is -2.37. The zero-order valence-corrected chi connectivity index (χ0v) is 16.4. The van der Waals surface area contributed by atoms with E-state index < -0.39 is 28.7 Å². The van der Waals surface area contributed by atoms with Gasteiger partial charge in [0.15, 0.2) is 5.78 Å². The molecule has 0 bridgehead atoms. The van der Waals surface area contributed by atoms with E-state index in [1.165, 1.54) is 43.0 Å². The number of rotatable bonds is 8. The van der Waals surface area contributed by atoms with E-state index in [1.54, 1.807) is 12.1 Å². The monoisotopic (exact) mass is 425 g/mol. The van der Waals surface area contributed by atoms with Crippen molar-refractivity contribution < 1.29 is 27.5 Å². The van der Waals surface area contributed by atoms with Crippen molar-refractivity contribution in [1.29, 1.82) is 5.26 Å². The Balaban J connectivity index is 1.91. The number of hydrogen-bond acceptors (Lipinski definition) is 4. The molecule has 0 saturated carbocycles. The van der Waals surface area contributed by atoms with Crippen LogP contribution in [0.1, 0.15) is 36.5 Å². The number of aryl methyl sites for hydroxylation is 1. The minimum Gasteiger partial charge on any atom is -0.381 e. The zero-order valence-electron chi connectivity index (χ0n) is 15.6. The molecule has 0 saturated heterocycles. The minimum absolute atomic E-state index is 0.00166. The highest BCUT2D eigenvalue weighted by molar-refractivity contribution is 7.99. The second-order valence-electron chi connectivity index (χ2n) is 6.78. The molecular formula is C21H19F4NO2S. The molecule has 0 radical (unpaired) electrons. The Kier molecular flexibility index (Phi) is 7.44. The summed E-state index contributed by atoms with van der Waals surface area (Å²) < 4.78 is 51.9. The Morgan fingerprint density at radius 2 is 1.83 bits per heavy atom. The molecule has 1 N–H and O–H groups in total. The lowest BCUT2D eigenvalue weighted by atomic mass is 9.96. The Morgan fingerprint density at radius 3 is 2.41 bits per heavy atom. The number of halogens is 4. The number of benzene rings is 2. The van der Waals surface area contributed by atoms with Crippen LogP contribution in [-0.4, -0.2) is 22.2 Å². The van der Waals surface area contributed by atoms with E-state index in [9.17, 15) is 27.5 Å². The second-order valence-corrected chi connectivity index (χ2v) is 7.83. The van der Waals surface area contributed by atoms with Crippen molar-refractivity contribution in [3.05, 3.63) is 65.0 Å². The number of nitriles is 1. The van der Waals surface area contributed by atoms with Crippen molar-refractivity contribution in [2.75, 3.05) is 5.75 Å². The summed E-state index contributed by atoms with van der Waals surface area (Å²) in [6.45, 7) is 1.38. The third-order valence-electron chi connectivity index (χ3n) is 4.31. The van der Waals surface area contributed by atoms with E-state index in [2.05, 4.69) is 0 Å². The van der Waals surface area contributed by atoms with Gasteiger partial charge in [0, 0.05) is 17.1 Å². The van der Waals surface area contributed by atoms with Gasteiger partial charge in [-0.3, -0.25) is 4.79 Å². The fourth-order valence-electron chi connectivity index (χ4n) is 2.64. The lowest BCUT2D eigenvalue weighted by molar-refractivity contribution is -0.138. The molecule has 0 aromatic heterocycles. The van der Waals surface area contributed by atoms with Crippen LogP contribution in [-0.2, 0) is 17.4 Å². The number of alkyl halides is 3. The van der Waals surface area contributed by atoms with Crippen molar-refractivity contribution in [2.24, 2.45) is 0 Å². The number of Topliss-reactive ketones (excluding diaryl/α,β-unsaturated/α-hetero) is 1. The molecule has 2 rings (SSSR count). The van der Waals surface area contributed by atoms with E-state index in [1.807, 2.05) is 0 Å². The second kappa shape index (κ2) is 9.42. The number of nitrogens with zero attached hydrogens (tertiary/aromatic N) is 1. The van der Waals surface area contributed by atoms with E-state index in [4.69, 9.17) is 5.26 Å². The van der Waals surface area contributed by atoms with Crippen LogP contribution in [0.3, 0.4) is 0 Å². The van der Waals surface area contributed by atoms with E-state index in [0.717, 1.165) is 12.1 Å². The molecule has 3 nitrogen and oxygen atoms in total. The topological polar surface area (TPSA) is 61.1 Å². The Bertz CT molecular complexity index is 902. The summed E-state index contributed by atoms with van der Waals surface area (Å²) in [6, 6.07) is 10.7. The molecule has 0 aliphatic carbocycles. The van der Waals surface area contributed by atoms with Crippen LogP contribution in [0.25, 0.3) is 0 Å². The number of carbonyl (C=O) groups excluding carboxylic acids is 1. The van der Waals surface area contributed by atoms with Crippen LogP contribution in [0.4, 0.5) is 17.6 Å². The summed E-state index contributed by atoms with van der Waals surface area (Å²) in [6.07, 6.45) is -4.16. The molecule has 1 unspecified atom stereocenters. The first-order chi connectivity index (χ1) is 13.5. The highest BCUT2D eigenvalue weighted by atomic mass is 32.2. The predicted molar refractivity (Wildman–Crippen MR) is 102 cm³/mol. The molecular weight excluding hydrogens is 406 g/mol. The highest BCUT2D eigenvalue weighted by Crippen LogP contribution is 2.33. The maximum absolute atomic E-state index is 13.0. The van der Waals surface area contributed by atoms with Crippen molar-refractivity contribution in [2.45, 2.75) is 42.9 Å². The quantitative estimate of drug-likeness (QED) is 0.469. The van der Waals surface area contributed by atoms with Crippen LogP contribution in [0.15, 0.2) is 47.4 Å². The molecule has 2 aromatic rings. The maximum atomic E-state index is 13.0. The number of aliphatic hydroxyl groups is 1. The fourth-order valence-corrected chi connectivity index (χ4v) is 3.57. The molecule has 2 aromatic carbocycles. The number of hydrogen-bond donors (Lipinski definition) is 1. The first-order valence-electron chi connectivity index (χ1n) is 8.77. The Labute approximate surface area is 170 Å². The van der Waals surface area contributed by atoms with Gasteiger partial charge in [0.05, 0.1) is 17.2 Å². The van der Waals surface area contributed by atoms with Crippen molar-refractivity contribution in [1.82, 2.24) is 0 Å². The number of thioether (sulfide) groups is 1. The third-order valence-corrected chi connectivity index (χ3v) is 5.63. The van der Waals surface area contributed by atoms with Crippen LogP contribution < -0.4 is 0 Å². The third kappa shape index (κ3) is 6.58. The van der Waals surface area contributed by atoms with E-state index in [0.29, 0.717) is 10.5 Å². The molecule has 154 valence electrons. The van der Waals surface area contributed by atoms with Gasteiger partial charge in [0.25, 0.3) is 0 Å². The van der Waals surface area contributed by atoms with Gasteiger partial charge >= 0.3 is 6.18 Å². The normalized spacial score (nSPS) is 13.6. The van der Waals surface area contributed by atoms with Gasteiger partial charge in [-0.25, -0.2) is 4.39 Å². The summed E-state index contributed by atoms with van der Waals surface area (Å²) >= 11 is 1.21. The minimum atomic E-state index is -4.63. The summed E-state index contributed by atoms with van der Waals surface area (Å²) in [4.78, 5) is 13.0. The summed E-state index contributed by atoms with van der Waals surface area (Å²) in [5.41, 5.74) is -2.69. The largest absolute Gasteiger partial charge is 0.417 e. The molecule has 0 spiro atoms. The number of carbonyl (C=O) groups is 1. The molecule has 1 atom stereocenters. The SMILES string of the molecule is CC(O)(CSc1ccc(F)cc1)C(=O)CCCc1ccc(C#N)c(C(F)(F)F)c1. The van der Waals surface area contributed by atoms with Gasteiger partial charge in [-0.2, -0.15) is 18.4 Å². The van der Waals surface area contributed by atoms with Gasteiger partial charge in [-0.1, -0.05) is 6.07 Å². The van der Waals surface area contributed by atoms with Gasteiger partial charge in [0.1, 0.15) is 11.4 Å². The molecule has 8 heteroatoms. The zero-order chi connectivity index (χ0) is 21.7. The van der Waals surface area contributed by atoms with Crippen molar-refractivity contribution in [3.8, 4) is 6.07 Å². The first kappa shape index (κ1) is 22.9. The molecule has 0 amide bonds. The van der Waals surface area contributed by atoms with E-state index in [-0.39, 0.29) is 30.8 Å². The van der Waals surface area contributed by atoms with E-state index >= 15 is 0 Å². The predicted octanol–water partition coefficient (Wildman–Crippen LogP) is 5.15. The highest BCUT2D eigenvalue weighted by Gasteiger charge is 2.34. The van der Waals surface area contributed by atoms with Gasteiger partial charge < -0.3 is 5.11 Å². The molecule has 0 aliphatic rings. The summed E-state index contributed by atoms with van der Waals surface area (Å²) in [7, 11) is 0. The van der Waals surface area contributed by atoms with Gasteiger partial charge in [0.2, 0.25) is 0 Å². The van der Waals surface area contributed by atoms with Crippen molar-refractivity contribution >= 4 is 17.5 Å². The Morgan fingerprint density at radius 1 is 1.17 bits per heavy atom. The standard InChI is InChI=1S/C21H19F4NO2S/c1-20(28,13-29-17-9-7-16(22)8-10-17)19(27)4-2-3-14-5-6-15(12-26)18(11-14)21(23,24)25/h5-11,28H,2-4,13H2,1H3. The smallest absolute Gasteiger partial charge is 0.381 e. The number of ketones is 1. The fraction of sp³-hybridized carbons (Fsp3) is 0.333. The van der Waals surface area contributed by atoms with Crippen LogP contribution in [0, 0.1) is 17.1 Å². The average Bonchev–Trinajstić information content (AvgIpc) is 2.66. The van der Waals surface area contributed by atoms with Gasteiger partial charge in [-0.15, -0.1) is 11.8 Å². The maximum Gasteiger partial charge on any atom is 0.417 e. The molecule has 0 fully saturated rings. The molecule has 0 heterocycles. The average molecular weight is 425 g/mol. The lowest BCUT2D eigenvalue weighted by Gasteiger charge is -2.21. The van der Waals surface area contributed by atoms with Crippen molar-refractivity contribution in [3.63, 3.8) is 0 Å². The lowest BCUT2D eigenvalue weighted by Crippen LogP contribution is -2.37. The van der Waals surface area contributed by atoms with Crippen LogP contribution in [0.5, 0.6) is 0 Å². The summed E-state index contributed by atoms with van der Waals surface area (Å²) in [5.74, 6) is -0.725. The van der Waals surface area contributed by atoms with Gasteiger partial charge in [-0.05, 0) is 61.7 Å². The first-order valence-corrected chi connectivity index (χ1v) is 9.76. The summed E-state index contributed by atoms with van der Waals surface area (Å²) in [5, 5.41) is 19.2. The van der Waals surface area contributed by atoms with Crippen LogP contribution in [0.2, 0.25) is 0 Å².